The summed E-state index contributed by atoms with van der Waals surface area (Å²) in [6.45, 7) is 6.73. The minimum Gasteiger partial charge on any atom is -0.372 e. The van der Waals surface area contributed by atoms with E-state index in [0.717, 1.165) is 17.6 Å². The standard InChI is InChI=1S/C14H22IN3/c1-8(2)12-11(15)14(16-4)18-13(17-12)10-6-5-9(3)7-10/h8-10H,5-7H2,1-4H3,(H,16,17,18). The molecule has 1 aliphatic carbocycles. The monoisotopic (exact) mass is 359 g/mol. The third kappa shape index (κ3) is 2.78. The van der Waals surface area contributed by atoms with Crippen LogP contribution in [0.2, 0.25) is 0 Å². The Morgan fingerprint density at radius 1 is 1.28 bits per heavy atom. The zero-order valence-electron chi connectivity index (χ0n) is 11.6. The van der Waals surface area contributed by atoms with Gasteiger partial charge in [0.05, 0.1) is 9.26 Å². The average molecular weight is 359 g/mol. The first kappa shape index (κ1) is 14.0. The molecule has 0 saturated heterocycles. The molecular formula is C14H22IN3. The maximum Gasteiger partial charge on any atom is 0.143 e. The van der Waals surface area contributed by atoms with Crippen LogP contribution in [0.4, 0.5) is 5.82 Å². The molecule has 1 heterocycles. The van der Waals surface area contributed by atoms with Crippen LogP contribution in [0.1, 0.15) is 63.4 Å². The van der Waals surface area contributed by atoms with Gasteiger partial charge in [-0.25, -0.2) is 9.97 Å². The number of rotatable bonds is 3. The average Bonchev–Trinajstić information content (AvgIpc) is 2.76. The molecule has 0 bridgehead atoms. The lowest BCUT2D eigenvalue weighted by Crippen LogP contribution is -2.11. The second kappa shape index (κ2) is 5.72. The van der Waals surface area contributed by atoms with E-state index < -0.39 is 0 Å². The van der Waals surface area contributed by atoms with Gasteiger partial charge in [-0.15, -0.1) is 0 Å². The SMILES string of the molecule is CNc1nc(C2CCC(C)C2)nc(C(C)C)c1I. The molecule has 4 heteroatoms. The largest absolute Gasteiger partial charge is 0.372 e. The van der Waals surface area contributed by atoms with Crippen LogP contribution in [-0.2, 0) is 0 Å². The first-order chi connectivity index (χ1) is 8.52. The maximum absolute atomic E-state index is 4.84. The van der Waals surface area contributed by atoms with E-state index in [1.807, 2.05) is 7.05 Å². The van der Waals surface area contributed by atoms with Crippen LogP contribution in [0.5, 0.6) is 0 Å². The van der Waals surface area contributed by atoms with Gasteiger partial charge >= 0.3 is 0 Å². The Labute approximate surface area is 123 Å². The van der Waals surface area contributed by atoms with Gasteiger partial charge in [-0.2, -0.15) is 0 Å². The Morgan fingerprint density at radius 2 is 2.00 bits per heavy atom. The fourth-order valence-electron chi connectivity index (χ4n) is 2.65. The van der Waals surface area contributed by atoms with E-state index in [0.29, 0.717) is 11.8 Å². The summed E-state index contributed by atoms with van der Waals surface area (Å²) in [4.78, 5) is 9.56. The van der Waals surface area contributed by atoms with Crippen molar-refractivity contribution in [3.8, 4) is 0 Å². The lowest BCUT2D eigenvalue weighted by atomic mass is 10.0. The van der Waals surface area contributed by atoms with Crippen molar-refractivity contribution in [1.82, 2.24) is 9.97 Å². The zero-order valence-corrected chi connectivity index (χ0v) is 13.8. The first-order valence-corrected chi connectivity index (χ1v) is 7.85. The highest BCUT2D eigenvalue weighted by Crippen LogP contribution is 2.38. The third-order valence-corrected chi connectivity index (χ3v) is 4.80. The molecule has 1 aromatic rings. The van der Waals surface area contributed by atoms with Crippen molar-refractivity contribution >= 4 is 28.4 Å². The van der Waals surface area contributed by atoms with Crippen LogP contribution in [0.15, 0.2) is 0 Å². The molecule has 0 aromatic carbocycles. The van der Waals surface area contributed by atoms with Gasteiger partial charge in [-0.1, -0.05) is 20.8 Å². The highest BCUT2D eigenvalue weighted by Gasteiger charge is 2.26. The summed E-state index contributed by atoms with van der Waals surface area (Å²) in [6.07, 6.45) is 3.79. The lowest BCUT2D eigenvalue weighted by Gasteiger charge is -2.16. The molecule has 1 aromatic heterocycles. The van der Waals surface area contributed by atoms with Crippen molar-refractivity contribution in [1.29, 1.82) is 0 Å². The number of anilines is 1. The molecule has 2 unspecified atom stereocenters. The Balaban J connectivity index is 2.39. The van der Waals surface area contributed by atoms with Gasteiger partial charge in [0.1, 0.15) is 11.6 Å². The highest BCUT2D eigenvalue weighted by molar-refractivity contribution is 14.1. The molecule has 1 N–H and O–H groups in total. The normalized spacial score (nSPS) is 23.7. The number of hydrogen-bond acceptors (Lipinski definition) is 3. The molecule has 2 atom stereocenters. The number of halogens is 1. The van der Waals surface area contributed by atoms with Crippen molar-refractivity contribution in [2.45, 2.75) is 51.9 Å². The second-order valence-electron chi connectivity index (χ2n) is 5.65. The Bertz CT molecular complexity index is 431. The van der Waals surface area contributed by atoms with Crippen molar-refractivity contribution in [2.24, 2.45) is 5.92 Å². The van der Waals surface area contributed by atoms with E-state index in [-0.39, 0.29) is 0 Å². The van der Waals surface area contributed by atoms with Crippen LogP contribution in [0.25, 0.3) is 0 Å². The molecule has 1 saturated carbocycles. The van der Waals surface area contributed by atoms with Crippen LogP contribution in [0.3, 0.4) is 0 Å². The van der Waals surface area contributed by atoms with Gasteiger partial charge in [-0.05, 0) is 53.7 Å². The third-order valence-electron chi connectivity index (χ3n) is 3.74. The Morgan fingerprint density at radius 3 is 2.50 bits per heavy atom. The molecule has 100 valence electrons. The topological polar surface area (TPSA) is 37.8 Å². The Kier molecular flexibility index (Phi) is 4.45. The van der Waals surface area contributed by atoms with Crippen LogP contribution in [0, 0.1) is 9.49 Å². The van der Waals surface area contributed by atoms with Crippen LogP contribution >= 0.6 is 22.6 Å². The molecule has 1 fully saturated rings. The van der Waals surface area contributed by atoms with Crippen molar-refractivity contribution in [3.63, 3.8) is 0 Å². The zero-order chi connectivity index (χ0) is 13.3. The minimum atomic E-state index is 0.449. The summed E-state index contributed by atoms with van der Waals surface area (Å²) in [5, 5.41) is 3.21. The summed E-state index contributed by atoms with van der Waals surface area (Å²) < 4.78 is 1.17. The smallest absolute Gasteiger partial charge is 0.143 e. The maximum atomic E-state index is 4.84. The van der Waals surface area contributed by atoms with E-state index in [2.05, 4.69) is 48.7 Å². The number of nitrogens with zero attached hydrogens (tertiary/aromatic N) is 2. The van der Waals surface area contributed by atoms with E-state index in [1.165, 1.54) is 28.5 Å². The van der Waals surface area contributed by atoms with Gasteiger partial charge in [-0.3, -0.25) is 0 Å². The Hall–Kier alpha value is -0.390. The van der Waals surface area contributed by atoms with E-state index in [1.54, 1.807) is 0 Å². The van der Waals surface area contributed by atoms with Gasteiger partial charge < -0.3 is 5.32 Å². The molecule has 18 heavy (non-hydrogen) atoms. The minimum absolute atomic E-state index is 0.449. The number of aromatic nitrogens is 2. The summed E-state index contributed by atoms with van der Waals surface area (Å²) in [6, 6.07) is 0. The van der Waals surface area contributed by atoms with Crippen molar-refractivity contribution < 1.29 is 0 Å². The van der Waals surface area contributed by atoms with E-state index >= 15 is 0 Å². The van der Waals surface area contributed by atoms with Gasteiger partial charge in [0.15, 0.2) is 0 Å². The molecular weight excluding hydrogens is 337 g/mol. The summed E-state index contributed by atoms with van der Waals surface area (Å²) >= 11 is 2.35. The summed E-state index contributed by atoms with van der Waals surface area (Å²) in [7, 11) is 1.94. The molecule has 2 rings (SSSR count). The summed E-state index contributed by atoms with van der Waals surface area (Å²) in [5.74, 6) is 3.86. The predicted octanol–water partition coefficient (Wildman–Crippen LogP) is 4.15. The van der Waals surface area contributed by atoms with Crippen molar-refractivity contribution in [3.05, 3.63) is 15.1 Å². The highest BCUT2D eigenvalue weighted by atomic mass is 127. The molecule has 0 amide bonds. The second-order valence-corrected chi connectivity index (χ2v) is 6.73. The lowest BCUT2D eigenvalue weighted by molar-refractivity contribution is 0.582. The van der Waals surface area contributed by atoms with Gasteiger partial charge in [0.25, 0.3) is 0 Å². The molecule has 1 aliphatic rings. The predicted molar refractivity (Wildman–Crippen MR) is 84.1 cm³/mol. The molecule has 0 radical (unpaired) electrons. The van der Waals surface area contributed by atoms with E-state index in [4.69, 9.17) is 9.97 Å². The van der Waals surface area contributed by atoms with Gasteiger partial charge in [0.2, 0.25) is 0 Å². The van der Waals surface area contributed by atoms with Crippen molar-refractivity contribution in [2.75, 3.05) is 12.4 Å². The quantitative estimate of drug-likeness (QED) is 0.824. The van der Waals surface area contributed by atoms with Crippen LogP contribution in [-0.4, -0.2) is 17.0 Å². The molecule has 3 nitrogen and oxygen atoms in total. The number of nitrogens with one attached hydrogen (secondary N) is 1. The fraction of sp³-hybridized carbons (Fsp3) is 0.714. The number of hydrogen-bond donors (Lipinski definition) is 1. The fourth-order valence-corrected chi connectivity index (χ4v) is 3.79. The van der Waals surface area contributed by atoms with Gasteiger partial charge in [0, 0.05) is 13.0 Å². The molecule has 0 spiro atoms. The van der Waals surface area contributed by atoms with Crippen LogP contribution < -0.4 is 5.32 Å². The summed E-state index contributed by atoms with van der Waals surface area (Å²) in [5.41, 5.74) is 1.18. The first-order valence-electron chi connectivity index (χ1n) is 6.78. The molecule has 0 aliphatic heterocycles. The van der Waals surface area contributed by atoms with E-state index in [9.17, 15) is 0 Å².